The lowest BCUT2D eigenvalue weighted by Gasteiger charge is -2.28. The topological polar surface area (TPSA) is 50.4 Å². The molecule has 0 aromatic carbocycles. The van der Waals surface area contributed by atoms with Crippen LogP contribution in [0.2, 0.25) is 0 Å². The summed E-state index contributed by atoms with van der Waals surface area (Å²) in [6, 6.07) is 1.70. The molecule has 11 heteroatoms. The van der Waals surface area contributed by atoms with Crippen LogP contribution >= 0.6 is 11.3 Å². The average Bonchev–Trinajstić information content (AvgIpc) is 2.79. The zero-order valence-electron chi connectivity index (χ0n) is 10.0. The zero-order chi connectivity index (χ0) is 15.8. The van der Waals surface area contributed by atoms with Gasteiger partial charge in [0.1, 0.15) is 0 Å². The van der Waals surface area contributed by atoms with Gasteiger partial charge in [0.25, 0.3) is 6.10 Å². The zero-order valence-corrected chi connectivity index (χ0v) is 10.8. The Hall–Kier alpha value is -1.49. The van der Waals surface area contributed by atoms with E-state index in [1.54, 1.807) is 11.4 Å². The minimum Gasteiger partial charge on any atom is -0.440 e. The van der Waals surface area contributed by atoms with Crippen LogP contribution in [0.4, 0.5) is 31.3 Å². The van der Waals surface area contributed by atoms with E-state index in [2.05, 4.69) is 15.4 Å². The Morgan fingerprint density at radius 1 is 1.29 bits per heavy atom. The third-order valence-corrected chi connectivity index (χ3v) is 3.47. The number of halogens is 6. The summed E-state index contributed by atoms with van der Waals surface area (Å²) in [6.45, 7) is 0.133. The normalized spacial score (nSPS) is 19.1. The number of carbonyl (C=O) groups excluding carboxylic acids is 1. The molecule has 0 aliphatic carbocycles. The molecule has 0 bridgehead atoms. The highest BCUT2D eigenvalue weighted by Gasteiger charge is 2.60. The minimum atomic E-state index is -5.73. The molecule has 1 aliphatic rings. The Kier molecular flexibility index (Phi) is 4.06. The van der Waals surface area contributed by atoms with Gasteiger partial charge in [-0.15, -0.1) is 11.3 Å². The lowest BCUT2D eigenvalue weighted by molar-refractivity contribution is -0.313. The van der Waals surface area contributed by atoms with E-state index < -0.39 is 30.6 Å². The number of carbonyl (C=O) groups is 1. The molecule has 0 spiro atoms. The molecule has 2 rings (SSSR count). The molecule has 0 radical (unpaired) electrons. The number of hydrogen-bond donors (Lipinski definition) is 2. The number of fused-ring (bicyclic) bond motifs is 1. The smallest absolute Gasteiger partial charge is 0.434 e. The Morgan fingerprint density at radius 3 is 2.48 bits per heavy atom. The van der Waals surface area contributed by atoms with Crippen molar-refractivity contribution in [1.82, 2.24) is 5.32 Å². The van der Waals surface area contributed by atoms with E-state index >= 15 is 0 Å². The maximum atomic E-state index is 12.3. The van der Waals surface area contributed by atoms with Gasteiger partial charge in [-0.2, -0.15) is 26.3 Å². The van der Waals surface area contributed by atoms with E-state index in [0.29, 0.717) is 5.00 Å². The fourth-order valence-electron chi connectivity index (χ4n) is 1.64. The van der Waals surface area contributed by atoms with Crippen LogP contribution in [-0.2, 0) is 16.1 Å². The number of anilines is 1. The molecule has 0 fully saturated rings. The van der Waals surface area contributed by atoms with Crippen molar-refractivity contribution >= 4 is 22.3 Å². The average molecular weight is 334 g/mol. The number of ether oxygens (including phenoxy) is 1. The summed E-state index contributed by atoms with van der Waals surface area (Å²) in [6.07, 6.45) is -17.1. The summed E-state index contributed by atoms with van der Waals surface area (Å²) in [5.41, 5.74) is 0.757. The number of rotatable bonds is 2. The van der Waals surface area contributed by atoms with Gasteiger partial charge in [0.05, 0.1) is 5.00 Å². The lowest BCUT2D eigenvalue weighted by Crippen LogP contribution is -2.52. The first-order valence-electron chi connectivity index (χ1n) is 5.49. The predicted octanol–water partition coefficient (Wildman–Crippen LogP) is 2.63. The summed E-state index contributed by atoms with van der Waals surface area (Å²) in [4.78, 5) is 11.5. The Bertz CT molecular complexity index is 512. The van der Waals surface area contributed by atoms with Crippen molar-refractivity contribution in [3.63, 3.8) is 0 Å². The summed E-state index contributed by atoms with van der Waals surface area (Å²) in [5, 5.41) is 7.10. The van der Waals surface area contributed by atoms with E-state index in [1.807, 2.05) is 0 Å². The summed E-state index contributed by atoms with van der Waals surface area (Å²) >= 11 is 1.17. The van der Waals surface area contributed by atoms with Gasteiger partial charge in [0.15, 0.2) is 6.17 Å². The van der Waals surface area contributed by atoms with Gasteiger partial charge < -0.3 is 10.1 Å². The molecule has 2 heterocycles. The van der Waals surface area contributed by atoms with Crippen LogP contribution in [-0.4, -0.2) is 30.6 Å². The maximum absolute atomic E-state index is 12.3. The lowest BCUT2D eigenvalue weighted by atomic mass is 10.2. The molecular weight excluding hydrogens is 326 g/mol. The predicted molar refractivity (Wildman–Crippen MR) is 60.6 cm³/mol. The first-order valence-corrected chi connectivity index (χ1v) is 6.37. The van der Waals surface area contributed by atoms with Crippen molar-refractivity contribution in [2.75, 3.05) is 5.32 Å². The second kappa shape index (κ2) is 5.37. The van der Waals surface area contributed by atoms with Crippen LogP contribution in [0.5, 0.6) is 0 Å². The van der Waals surface area contributed by atoms with E-state index in [-0.39, 0.29) is 6.54 Å². The number of alkyl halides is 6. The fraction of sp³-hybridized carbons (Fsp3) is 0.500. The SMILES string of the molecule is O=C(OC(C(F)(F)F)C(F)(F)F)C1NCc2ccsc2N1. The molecule has 0 saturated carbocycles. The van der Waals surface area contributed by atoms with Gasteiger partial charge in [-0.05, 0) is 11.4 Å². The highest BCUT2D eigenvalue weighted by atomic mass is 32.1. The van der Waals surface area contributed by atoms with Crippen molar-refractivity contribution < 1.29 is 35.9 Å². The summed E-state index contributed by atoms with van der Waals surface area (Å²) in [7, 11) is 0. The van der Waals surface area contributed by atoms with Crippen LogP contribution in [0.1, 0.15) is 5.56 Å². The molecule has 0 saturated heterocycles. The molecule has 118 valence electrons. The van der Waals surface area contributed by atoms with Gasteiger partial charge in [-0.25, -0.2) is 4.79 Å². The van der Waals surface area contributed by atoms with Crippen LogP contribution in [0, 0.1) is 0 Å². The maximum Gasteiger partial charge on any atom is 0.434 e. The summed E-state index contributed by atoms with van der Waals surface area (Å²) < 4.78 is 77.4. The highest BCUT2D eigenvalue weighted by molar-refractivity contribution is 7.14. The fourth-order valence-corrected chi connectivity index (χ4v) is 2.49. The first-order chi connectivity index (χ1) is 9.59. The Balaban J connectivity index is 2.07. The summed E-state index contributed by atoms with van der Waals surface area (Å²) in [5.74, 6) is -1.67. The van der Waals surface area contributed by atoms with E-state index in [0.717, 1.165) is 5.56 Å². The molecule has 1 atom stereocenters. The van der Waals surface area contributed by atoms with Crippen molar-refractivity contribution in [3.8, 4) is 0 Å². The molecule has 4 nitrogen and oxygen atoms in total. The third kappa shape index (κ3) is 3.59. The highest BCUT2D eigenvalue weighted by Crippen LogP contribution is 2.36. The molecule has 0 amide bonds. The van der Waals surface area contributed by atoms with Crippen LogP contribution in [0.3, 0.4) is 0 Å². The van der Waals surface area contributed by atoms with Gasteiger partial charge in [0, 0.05) is 12.1 Å². The molecule has 2 N–H and O–H groups in total. The molecule has 1 unspecified atom stereocenters. The molecule has 1 aromatic heterocycles. The number of esters is 1. The van der Waals surface area contributed by atoms with Gasteiger partial charge in [-0.3, -0.25) is 5.32 Å². The van der Waals surface area contributed by atoms with E-state index in [1.165, 1.54) is 11.3 Å². The molecule has 1 aliphatic heterocycles. The number of nitrogens with one attached hydrogen (secondary N) is 2. The van der Waals surface area contributed by atoms with Crippen molar-refractivity contribution in [3.05, 3.63) is 17.0 Å². The monoisotopic (exact) mass is 334 g/mol. The van der Waals surface area contributed by atoms with Gasteiger partial charge >= 0.3 is 18.3 Å². The molecule has 1 aromatic rings. The van der Waals surface area contributed by atoms with Gasteiger partial charge in [-0.1, -0.05) is 0 Å². The second-order valence-electron chi connectivity index (χ2n) is 4.13. The van der Waals surface area contributed by atoms with Crippen LogP contribution in [0.25, 0.3) is 0 Å². The number of hydrogen-bond acceptors (Lipinski definition) is 5. The van der Waals surface area contributed by atoms with Crippen molar-refractivity contribution in [2.24, 2.45) is 0 Å². The third-order valence-electron chi connectivity index (χ3n) is 2.58. The first kappa shape index (κ1) is 15.9. The van der Waals surface area contributed by atoms with Crippen LogP contribution in [0.15, 0.2) is 11.4 Å². The van der Waals surface area contributed by atoms with Crippen LogP contribution < -0.4 is 10.6 Å². The van der Waals surface area contributed by atoms with Crippen molar-refractivity contribution in [2.45, 2.75) is 31.2 Å². The number of thiophene rings is 1. The molecule has 21 heavy (non-hydrogen) atoms. The Morgan fingerprint density at radius 2 is 1.90 bits per heavy atom. The Labute approximate surface area is 118 Å². The van der Waals surface area contributed by atoms with Crippen molar-refractivity contribution in [1.29, 1.82) is 0 Å². The van der Waals surface area contributed by atoms with E-state index in [4.69, 9.17) is 0 Å². The second-order valence-corrected chi connectivity index (χ2v) is 5.05. The molecular formula is C10H8F6N2O2S. The largest absolute Gasteiger partial charge is 0.440 e. The quantitative estimate of drug-likeness (QED) is 0.645. The standard InChI is InChI=1S/C10H8F6N2O2S/c11-9(12,13)8(10(14,15)16)20-7(19)5-17-3-4-1-2-21-6(4)18-5/h1-2,5,8,17-18H,3H2. The minimum absolute atomic E-state index is 0.133. The van der Waals surface area contributed by atoms with E-state index in [9.17, 15) is 31.1 Å². The van der Waals surface area contributed by atoms with Gasteiger partial charge in [0.2, 0.25) is 0 Å².